The molecule has 0 saturated carbocycles. The number of pyridine rings is 1. The summed E-state index contributed by atoms with van der Waals surface area (Å²) in [5.41, 5.74) is 5.67. The van der Waals surface area contributed by atoms with Gasteiger partial charge in [-0.25, -0.2) is 0 Å². The van der Waals surface area contributed by atoms with Crippen molar-refractivity contribution < 1.29 is 34.7 Å². The van der Waals surface area contributed by atoms with Crippen LogP contribution in [0.4, 0.5) is 0 Å². The SMILES string of the molecule is CCC(CC)C(=[OH+])/C=C(\O)C(CC)CC.Cc1cccc2[c-]c3c(c(C)c12)Oc1cc(C(C)C(C)C)cc2ccnc-3c12.[Ir]. The van der Waals surface area contributed by atoms with Crippen molar-refractivity contribution in [1.29, 1.82) is 0 Å². The second kappa shape index (κ2) is 15.3. The van der Waals surface area contributed by atoms with Crippen LogP contribution in [0.3, 0.4) is 0 Å². The Labute approximate surface area is 277 Å². The first kappa shape index (κ1) is 35.5. The van der Waals surface area contributed by atoms with E-state index in [1.165, 1.54) is 21.9 Å². The van der Waals surface area contributed by atoms with Crippen LogP contribution in [-0.4, -0.2) is 20.7 Å². The zero-order valence-corrected chi connectivity index (χ0v) is 30.2. The predicted molar refractivity (Wildman–Crippen MR) is 182 cm³/mol. The Bertz CT molecular complexity index is 1650. The summed E-state index contributed by atoms with van der Waals surface area (Å²) >= 11 is 0. The number of aromatic nitrogens is 1. The van der Waals surface area contributed by atoms with Gasteiger partial charge in [-0.2, -0.15) is 0 Å². The van der Waals surface area contributed by atoms with Crippen LogP contribution in [0.25, 0.3) is 32.8 Å². The number of aryl methyl sites for hydroxylation is 2. The van der Waals surface area contributed by atoms with Gasteiger partial charge in [-0.1, -0.05) is 88.7 Å². The Morgan fingerprint density at radius 2 is 1.61 bits per heavy atom. The number of carbonyl (C=O) groups excluding carboxylic acids is 1. The van der Waals surface area contributed by atoms with Crippen LogP contribution in [0, 0.1) is 37.7 Å². The van der Waals surface area contributed by atoms with Gasteiger partial charge in [-0.15, -0.1) is 17.5 Å². The molecule has 2 N–H and O–H groups in total. The summed E-state index contributed by atoms with van der Waals surface area (Å²) in [7, 11) is 0. The van der Waals surface area contributed by atoms with Gasteiger partial charge < -0.3 is 9.84 Å². The van der Waals surface area contributed by atoms with Crippen molar-refractivity contribution in [3.8, 4) is 22.8 Å². The van der Waals surface area contributed by atoms with Gasteiger partial charge in [-0.3, -0.25) is 9.78 Å². The van der Waals surface area contributed by atoms with E-state index in [9.17, 15) is 9.90 Å². The number of hydrogen-bond acceptors (Lipinski definition) is 3. The van der Waals surface area contributed by atoms with Gasteiger partial charge in [0.15, 0.2) is 0 Å². The number of aliphatic hydroxyl groups excluding tert-OH is 1. The molecule has 4 aromatic rings. The first-order valence-electron chi connectivity index (χ1n) is 16.1. The smallest absolute Gasteiger partial charge is 0.322 e. The molecule has 0 saturated heterocycles. The van der Waals surface area contributed by atoms with E-state index in [4.69, 9.17) is 9.72 Å². The number of nitrogens with zero attached hydrogens (tertiary/aromatic N) is 1. The topological polar surface area (TPSA) is 63.8 Å². The molecule has 1 aromatic heterocycles. The predicted octanol–water partition coefficient (Wildman–Crippen LogP) is 11.2. The number of rotatable bonds is 9. The first-order chi connectivity index (χ1) is 20.6. The Morgan fingerprint density at radius 3 is 2.23 bits per heavy atom. The summed E-state index contributed by atoms with van der Waals surface area (Å²) in [6, 6.07) is 16.5. The van der Waals surface area contributed by atoms with E-state index in [0.717, 1.165) is 64.8 Å². The third-order valence-electron chi connectivity index (χ3n) is 9.40. The number of ketones is 1. The number of ether oxygens (including phenoxy) is 1. The van der Waals surface area contributed by atoms with Crippen LogP contribution < -0.4 is 4.74 Å². The van der Waals surface area contributed by atoms with Crippen molar-refractivity contribution in [2.75, 3.05) is 0 Å². The molecule has 44 heavy (non-hydrogen) atoms. The van der Waals surface area contributed by atoms with E-state index in [1.54, 1.807) is 6.08 Å². The van der Waals surface area contributed by atoms with Crippen LogP contribution in [0.2, 0.25) is 0 Å². The molecule has 2 heterocycles. The maximum atomic E-state index is 9.80. The molecule has 1 radical (unpaired) electrons. The number of fused-ring (bicyclic) bond motifs is 3. The summed E-state index contributed by atoms with van der Waals surface area (Å²) in [6.45, 7) is 19.3. The summed E-state index contributed by atoms with van der Waals surface area (Å²) in [6.07, 6.45) is 7.10. The average Bonchev–Trinajstić information content (AvgIpc) is 2.99. The minimum atomic E-state index is 0. The molecule has 1 unspecified atom stereocenters. The second-order valence-corrected chi connectivity index (χ2v) is 12.4. The Balaban J connectivity index is 0.000000286. The molecule has 0 fully saturated rings. The molecule has 5 heteroatoms. The minimum absolute atomic E-state index is 0. The van der Waals surface area contributed by atoms with Gasteiger partial charge in [0.25, 0.3) is 0 Å². The van der Waals surface area contributed by atoms with E-state index >= 15 is 0 Å². The molecule has 0 aliphatic carbocycles. The molecular formula is C39H49IrNO3. The minimum Gasteiger partial charge on any atom is -0.512 e. The zero-order chi connectivity index (χ0) is 31.4. The van der Waals surface area contributed by atoms with Crippen molar-refractivity contribution in [1.82, 2.24) is 4.98 Å². The quantitative estimate of drug-likeness (QED) is 0.0702. The summed E-state index contributed by atoms with van der Waals surface area (Å²) < 4.78 is 6.54. The summed E-state index contributed by atoms with van der Waals surface area (Å²) in [5.74, 6) is 3.86. The Morgan fingerprint density at radius 1 is 0.955 bits per heavy atom. The second-order valence-electron chi connectivity index (χ2n) is 12.4. The Hall–Kier alpha value is -3.01. The van der Waals surface area contributed by atoms with Crippen LogP contribution >= 0.6 is 0 Å². The Kier molecular flexibility index (Phi) is 12.4. The number of aliphatic hydroxyl groups is 1. The van der Waals surface area contributed by atoms with Crippen LogP contribution in [0.15, 0.2) is 54.4 Å². The molecule has 237 valence electrons. The van der Waals surface area contributed by atoms with Gasteiger partial charge in [0.2, 0.25) is 0 Å². The third kappa shape index (κ3) is 7.11. The molecule has 0 bridgehead atoms. The molecule has 0 spiro atoms. The van der Waals surface area contributed by atoms with E-state index in [-0.39, 0.29) is 31.9 Å². The first-order valence-corrected chi connectivity index (χ1v) is 16.1. The molecule has 3 aromatic carbocycles. The number of benzene rings is 3. The van der Waals surface area contributed by atoms with E-state index in [0.29, 0.717) is 23.4 Å². The van der Waals surface area contributed by atoms with Crippen LogP contribution in [0.1, 0.15) is 96.8 Å². The molecule has 1 aliphatic heterocycles. The molecule has 1 atom stereocenters. The van der Waals surface area contributed by atoms with Crippen molar-refractivity contribution in [3.63, 3.8) is 0 Å². The molecule has 1 aliphatic rings. The van der Waals surface area contributed by atoms with Crippen molar-refractivity contribution in [3.05, 3.63) is 77.2 Å². The fraction of sp³-hybridized carbons (Fsp3) is 0.436. The van der Waals surface area contributed by atoms with Crippen molar-refractivity contribution in [2.45, 2.75) is 93.9 Å². The fourth-order valence-electron chi connectivity index (χ4n) is 6.19. The number of allylic oxidation sites excluding steroid dienone is 2. The summed E-state index contributed by atoms with van der Waals surface area (Å²) in [5, 5.41) is 14.4. The molecule has 4 nitrogen and oxygen atoms in total. The average molecular weight is 772 g/mol. The van der Waals surface area contributed by atoms with Crippen molar-refractivity contribution >= 4 is 27.3 Å². The van der Waals surface area contributed by atoms with Gasteiger partial charge >= 0.3 is 5.78 Å². The van der Waals surface area contributed by atoms with Gasteiger partial charge in [0.05, 0.1) is 17.7 Å². The normalized spacial score (nSPS) is 13.0. The molecule has 0 amide bonds. The molecule has 5 rings (SSSR count). The van der Waals surface area contributed by atoms with Crippen LogP contribution in [-0.2, 0) is 20.1 Å². The van der Waals surface area contributed by atoms with E-state index < -0.39 is 0 Å². The largest absolute Gasteiger partial charge is 0.512 e. The third-order valence-corrected chi connectivity index (χ3v) is 9.40. The van der Waals surface area contributed by atoms with E-state index in [2.05, 4.69) is 77.1 Å². The maximum Gasteiger partial charge on any atom is 0.322 e. The van der Waals surface area contributed by atoms with Gasteiger partial charge in [0, 0.05) is 43.3 Å². The van der Waals surface area contributed by atoms with Crippen molar-refractivity contribution in [2.24, 2.45) is 17.8 Å². The standard InChI is InChI=1S/C26H24NO.C13H24O2.Ir/c1-14(2)16(4)20-11-19-9-10-27-25-21-12-18-8-6-7-15(3)23(18)17(5)26(21)28-22(13-20)24(19)25;1-5-10(6-2)12(14)9-13(15)11(7-3)8-4;/h6-11,13-14,16H,1-5H3;9-11,14H,5-8H2,1-4H3;/q-1;;/p+1/b;12-9-;. The zero-order valence-electron chi connectivity index (χ0n) is 27.8. The van der Waals surface area contributed by atoms with Crippen LogP contribution in [0.5, 0.6) is 11.5 Å². The maximum absolute atomic E-state index is 9.80. The molecular weight excluding hydrogens is 723 g/mol. The van der Waals surface area contributed by atoms with E-state index in [1.807, 2.05) is 33.9 Å². The monoisotopic (exact) mass is 772 g/mol. The summed E-state index contributed by atoms with van der Waals surface area (Å²) in [4.78, 5) is 14.5. The number of hydrogen-bond donors (Lipinski definition) is 1. The fourth-order valence-corrected chi connectivity index (χ4v) is 6.19. The van der Waals surface area contributed by atoms with Gasteiger partial charge in [0.1, 0.15) is 11.5 Å². The van der Waals surface area contributed by atoms with Gasteiger partial charge in [-0.05, 0) is 74.4 Å².